The molecule has 0 unspecified atom stereocenters. The Morgan fingerprint density at radius 1 is 0.875 bits per heavy atom. The molecular weight excluding hydrogens is 232 g/mol. The van der Waals surface area contributed by atoms with Crippen LogP contribution in [0.1, 0.15) is 16.6 Å². The minimum absolute atomic E-state index is 0.639. The molecule has 0 atom stereocenters. The molecule has 2 aromatic carbocycles. The van der Waals surface area contributed by atoms with Gasteiger partial charge in [-0.15, -0.1) is 23.5 Å². The summed E-state index contributed by atoms with van der Waals surface area (Å²) in [6.45, 7) is 0. The smallest absolute Gasteiger partial charge is 0.0757 e. The van der Waals surface area contributed by atoms with Gasteiger partial charge in [-0.3, -0.25) is 0 Å². The molecule has 2 heteroatoms. The number of rotatable bonds is 1. The van der Waals surface area contributed by atoms with Gasteiger partial charge in [0, 0.05) is 0 Å². The van der Waals surface area contributed by atoms with Crippen LogP contribution >= 0.6 is 23.5 Å². The summed E-state index contributed by atoms with van der Waals surface area (Å²) in [7, 11) is 0. The first-order valence-electron chi connectivity index (χ1n) is 5.66. The Balaban J connectivity index is 2.08. The van der Waals surface area contributed by atoms with Crippen LogP contribution in [0.3, 0.4) is 0 Å². The summed E-state index contributed by atoms with van der Waals surface area (Å²) in [5, 5.41) is 2.80. The molecule has 16 heavy (non-hydrogen) atoms. The van der Waals surface area contributed by atoms with Crippen LogP contribution in [0.5, 0.6) is 0 Å². The number of thioether (sulfide) groups is 2. The first kappa shape index (κ1) is 10.5. The van der Waals surface area contributed by atoms with E-state index in [2.05, 4.69) is 66.0 Å². The van der Waals surface area contributed by atoms with Gasteiger partial charge >= 0.3 is 0 Å². The van der Waals surface area contributed by atoms with Crippen LogP contribution in [-0.4, -0.2) is 11.5 Å². The summed E-state index contributed by atoms with van der Waals surface area (Å²) in [6, 6.07) is 15.4. The van der Waals surface area contributed by atoms with E-state index in [1.54, 1.807) is 0 Å². The second-order valence-corrected chi connectivity index (χ2v) is 6.72. The predicted octanol–water partition coefficient (Wildman–Crippen LogP) is 4.71. The molecule has 0 nitrogen and oxygen atoms in total. The van der Waals surface area contributed by atoms with Crippen LogP contribution in [-0.2, 0) is 0 Å². The lowest BCUT2D eigenvalue weighted by molar-refractivity contribution is 1.10. The number of hydrogen-bond acceptors (Lipinski definition) is 2. The van der Waals surface area contributed by atoms with E-state index in [0.29, 0.717) is 4.58 Å². The molecule has 82 valence electrons. The van der Waals surface area contributed by atoms with E-state index in [0.717, 1.165) is 0 Å². The van der Waals surface area contributed by atoms with Gasteiger partial charge in [0.1, 0.15) is 0 Å². The molecule has 0 aliphatic carbocycles. The lowest BCUT2D eigenvalue weighted by Gasteiger charge is -2.22. The first-order chi connectivity index (χ1) is 7.95. The lowest BCUT2D eigenvalue weighted by atomic mass is 10.1. The molecule has 0 saturated carbocycles. The topological polar surface area (TPSA) is 0 Å². The van der Waals surface area contributed by atoms with E-state index in [1.807, 2.05) is 0 Å². The zero-order valence-corrected chi connectivity index (χ0v) is 10.7. The minimum Gasteiger partial charge on any atom is -0.143 e. The Morgan fingerprint density at radius 2 is 1.62 bits per heavy atom. The van der Waals surface area contributed by atoms with E-state index in [4.69, 9.17) is 0 Å². The number of fused-ring (bicyclic) bond motifs is 1. The fourth-order valence-corrected chi connectivity index (χ4v) is 5.09. The summed E-state index contributed by atoms with van der Waals surface area (Å²) < 4.78 is 0.639. The molecule has 1 heterocycles. The van der Waals surface area contributed by atoms with Crippen molar-refractivity contribution in [3.05, 3.63) is 48.0 Å². The van der Waals surface area contributed by atoms with Crippen LogP contribution in [0.2, 0.25) is 0 Å². The third-order valence-electron chi connectivity index (χ3n) is 2.90. The summed E-state index contributed by atoms with van der Waals surface area (Å²) >= 11 is 4.19. The highest BCUT2D eigenvalue weighted by molar-refractivity contribution is 8.16. The summed E-state index contributed by atoms with van der Waals surface area (Å²) in [6.07, 6.45) is 1.36. The summed E-state index contributed by atoms with van der Waals surface area (Å²) in [5.41, 5.74) is 1.51. The van der Waals surface area contributed by atoms with Crippen molar-refractivity contribution in [2.75, 3.05) is 11.5 Å². The van der Waals surface area contributed by atoms with Gasteiger partial charge in [0.25, 0.3) is 0 Å². The largest absolute Gasteiger partial charge is 0.143 e. The molecule has 0 spiro atoms. The quantitative estimate of drug-likeness (QED) is 0.715. The van der Waals surface area contributed by atoms with E-state index in [-0.39, 0.29) is 0 Å². The van der Waals surface area contributed by atoms with E-state index >= 15 is 0 Å². The van der Waals surface area contributed by atoms with Crippen molar-refractivity contribution in [3.8, 4) is 0 Å². The Bertz CT molecular complexity index is 482. The Labute approximate surface area is 105 Å². The molecule has 0 radical (unpaired) electrons. The van der Waals surface area contributed by atoms with Gasteiger partial charge in [0.2, 0.25) is 0 Å². The third kappa shape index (κ3) is 1.96. The van der Waals surface area contributed by atoms with Crippen LogP contribution in [0, 0.1) is 0 Å². The highest BCUT2D eigenvalue weighted by Gasteiger charge is 2.18. The van der Waals surface area contributed by atoms with Gasteiger partial charge in [-0.05, 0) is 34.3 Å². The number of hydrogen-bond donors (Lipinski definition) is 0. The van der Waals surface area contributed by atoms with Crippen LogP contribution < -0.4 is 0 Å². The van der Waals surface area contributed by atoms with Crippen molar-refractivity contribution in [1.29, 1.82) is 0 Å². The second kappa shape index (κ2) is 4.72. The highest BCUT2D eigenvalue weighted by Crippen LogP contribution is 2.45. The van der Waals surface area contributed by atoms with Crippen molar-refractivity contribution in [1.82, 2.24) is 0 Å². The molecule has 1 aliphatic rings. The van der Waals surface area contributed by atoms with Gasteiger partial charge in [-0.25, -0.2) is 0 Å². The van der Waals surface area contributed by atoms with E-state index in [9.17, 15) is 0 Å². The predicted molar refractivity (Wildman–Crippen MR) is 76.2 cm³/mol. The molecule has 0 amide bonds. The van der Waals surface area contributed by atoms with Gasteiger partial charge in [0.05, 0.1) is 4.58 Å². The van der Waals surface area contributed by atoms with Crippen molar-refractivity contribution in [2.24, 2.45) is 0 Å². The molecule has 0 N–H and O–H groups in total. The molecule has 1 aliphatic heterocycles. The average Bonchev–Trinajstić information content (AvgIpc) is 2.39. The molecule has 2 aromatic rings. The standard InChI is InChI=1S/C14H14S2/c1-2-7-12-11(5-1)6-3-8-13(12)14-15-9-4-10-16-14/h1-3,5-8,14H,4,9-10H2. The second-order valence-electron chi connectivity index (χ2n) is 4.00. The van der Waals surface area contributed by atoms with E-state index in [1.165, 1.54) is 34.3 Å². The third-order valence-corrected chi connectivity index (χ3v) is 5.88. The maximum absolute atomic E-state index is 2.29. The molecular formula is C14H14S2. The van der Waals surface area contributed by atoms with Crippen molar-refractivity contribution in [3.63, 3.8) is 0 Å². The highest BCUT2D eigenvalue weighted by atomic mass is 32.2. The fourth-order valence-electron chi connectivity index (χ4n) is 2.12. The van der Waals surface area contributed by atoms with Crippen LogP contribution in [0.4, 0.5) is 0 Å². The van der Waals surface area contributed by atoms with Crippen molar-refractivity contribution in [2.45, 2.75) is 11.0 Å². The van der Waals surface area contributed by atoms with Gasteiger partial charge in [-0.1, -0.05) is 42.5 Å². The molecule has 3 rings (SSSR count). The monoisotopic (exact) mass is 246 g/mol. The molecule has 0 aromatic heterocycles. The Morgan fingerprint density at radius 3 is 2.50 bits per heavy atom. The summed E-state index contributed by atoms with van der Waals surface area (Å²) in [5.74, 6) is 2.61. The lowest BCUT2D eigenvalue weighted by Crippen LogP contribution is -2.00. The van der Waals surface area contributed by atoms with Crippen molar-refractivity contribution < 1.29 is 0 Å². The number of benzene rings is 2. The van der Waals surface area contributed by atoms with Crippen LogP contribution in [0.15, 0.2) is 42.5 Å². The van der Waals surface area contributed by atoms with Gasteiger partial charge in [-0.2, -0.15) is 0 Å². The molecule has 1 saturated heterocycles. The Kier molecular flexibility index (Phi) is 3.11. The zero-order chi connectivity index (χ0) is 10.8. The first-order valence-corrected chi connectivity index (χ1v) is 7.76. The zero-order valence-electron chi connectivity index (χ0n) is 9.06. The Hall–Kier alpha value is -0.600. The van der Waals surface area contributed by atoms with E-state index < -0.39 is 0 Å². The fraction of sp³-hybridized carbons (Fsp3) is 0.286. The van der Waals surface area contributed by atoms with Crippen LogP contribution in [0.25, 0.3) is 10.8 Å². The summed E-state index contributed by atoms with van der Waals surface area (Å²) in [4.78, 5) is 0. The SMILES string of the molecule is c1ccc2c(C3SCCCS3)cccc2c1. The normalized spacial score (nSPS) is 17.8. The van der Waals surface area contributed by atoms with Crippen molar-refractivity contribution >= 4 is 34.3 Å². The van der Waals surface area contributed by atoms with Gasteiger partial charge in [0.15, 0.2) is 0 Å². The average molecular weight is 246 g/mol. The van der Waals surface area contributed by atoms with Gasteiger partial charge < -0.3 is 0 Å². The maximum atomic E-state index is 2.29. The maximum Gasteiger partial charge on any atom is 0.0757 e. The minimum atomic E-state index is 0.639. The molecule has 1 fully saturated rings. The molecule has 0 bridgehead atoms.